The first-order valence-electron chi connectivity index (χ1n) is 6.13. The Morgan fingerprint density at radius 3 is 3.12 bits per heavy atom. The zero-order chi connectivity index (χ0) is 12.1. The molecule has 0 spiro atoms. The molecule has 5 nitrogen and oxygen atoms in total. The van der Waals surface area contributed by atoms with Crippen LogP contribution in [-0.4, -0.2) is 43.4 Å². The standard InChI is InChI=1S/C12H21N3O2/c1-15(5-6-16-2)9-12-7-11(14-17-12)8-13-10-3-4-10/h7,10,13H,3-6,8-9H2,1-2H3. The molecule has 1 heterocycles. The van der Waals surface area contributed by atoms with Gasteiger partial charge in [0.2, 0.25) is 0 Å². The average Bonchev–Trinajstić information content (AvgIpc) is 3.05. The van der Waals surface area contributed by atoms with Gasteiger partial charge in [0.05, 0.1) is 18.8 Å². The van der Waals surface area contributed by atoms with Gasteiger partial charge in [0.15, 0.2) is 5.76 Å². The molecule has 0 radical (unpaired) electrons. The van der Waals surface area contributed by atoms with Crippen molar-refractivity contribution in [3.63, 3.8) is 0 Å². The van der Waals surface area contributed by atoms with Gasteiger partial charge in [0.25, 0.3) is 0 Å². The van der Waals surface area contributed by atoms with Crippen molar-refractivity contribution in [1.82, 2.24) is 15.4 Å². The first-order chi connectivity index (χ1) is 8.28. The van der Waals surface area contributed by atoms with Gasteiger partial charge in [-0.25, -0.2) is 0 Å². The molecule has 1 aliphatic carbocycles. The topological polar surface area (TPSA) is 50.5 Å². The van der Waals surface area contributed by atoms with Gasteiger partial charge < -0.3 is 14.6 Å². The quantitative estimate of drug-likeness (QED) is 0.733. The second-order valence-electron chi connectivity index (χ2n) is 4.67. The van der Waals surface area contributed by atoms with Crippen LogP contribution < -0.4 is 5.32 Å². The summed E-state index contributed by atoms with van der Waals surface area (Å²) < 4.78 is 10.3. The number of hydrogen-bond acceptors (Lipinski definition) is 5. The average molecular weight is 239 g/mol. The molecule has 5 heteroatoms. The maximum Gasteiger partial charge on any atom is 0.151 e. The normalized spacial score (nSPS) is 15.7. The predicted octanol–water partition coefficient (Wildman–Crippen LogP) is 1.00. The maximum absolute atomic E-state index is 5.30. The summed E-state index contributed by atoms with van der Waals surface area (Å²) in [5, 5.41) is 7.47. The van der Waals surface area contributed by atoms with Crippen molar-refractivity contribution in [2.45, 2.75) is 32.0 Å². The van der Waals surface area contributed by atoms with E-state index in [1.54, 1.807) is 7.11 Å². The molecule has 96 valence electrons. The van der Waals surface area contributed by atoms with E-state index in [-0.39, 0.29) is 0 Å². The van der Waals surface area contributed by atoms with Crippen LogP contribution >= 0.6 is 0 Å². The third-order valence-electron chi connectivity index (χ3n) is 2.86. The minimum Gasteiger partial charge on any atom is -0.383 e. The Bertz CT molecular complexity index is 336. The van der Waals surface area contributed by atoms with Gasteiger partial charge in [-0.1, -0.05) is 5.16 Å². The third kappa shape index (κ3) is 4.46. The van der Waals surface area contributed by atoms with Crippen LogP contribution in [0.1, 0.15) is 24.3 Å². The van der Waals surface area contributed by atoms with E-state index in [2.05, 4.69) is 15.4 Å². The number of hydrogen-bond donors (Lipinski definition) is 1. The van der Waals surface area contributed by atoms with Gasteiger partial charge in [0.1, 0.15) is 0 Å². The smallest absolute Gasteiger partial charge is 0.151 e. The van der Waals surface area contributed by atoms with Crippen molar-refractivity contribution in [3.8, 4) is 0 Å². The second-order valence-corrected chi connectivity index (χ2v) is 4.67. The molecule has 0 unspecified atom stereocenters. The van der Waals surface area contributed by atoms with Crippen LogP contribution in [0.4, 0.5) is 0 Å². The lowest BCUT2D eigenvalue weighted by Gasteiger charge is -2.13. The van der Waals surface area contributed by atoms with E-state index in [1.807, 2.05) is 13.1 Å². The van der Waals surface area contributed by atoms with Crippen LogP contribution in [0.15, 0.2) is 10.6 Å². The van der Waals surface area contributed by atoms with Crippen molar-refractivity contribution in [2.24, 2.45) is 0 Å². The fourth-order valence-electron chi connectivity index (χ4n) is 1.64. The highest BCUT2D eigenvalue weighted by Gasteiger charge is 2.20. The minimum atomic E-state index is 0.708. The van der Waals surface area contributed by atoms with Gasteiger partial charge in [-0.3, -0.25) is 4.90 Å². The molecule has 17 heavy (non-hydrogen) atoms. The van der Waals surface area contributed by atoms with Crippen LogP contribution in [-0.2, 0) is 17.8 Å². The Morgan fingerprint density at radius 1 is 1.59 bits per heavy atom. The molecule has 1 aromatic heterocycles. The third-order valence-corrected chi connectivity index (χ3v) is 2.86. The van der Waals surface area contributed by atoms with E-state index in [4.69, 9.17) is 9.26 Å². The first-order valence-corrected chi connectivity index (χ1v) is 6.13. The molecule has 0 atom stereocenters. The highest BCUT2D eigenvalue weighted by Crippen LogP contribution is 2.19. The highest BCUT2D eigenvalue weighted by atomic mass is 16.5. The summed E-state index contributed by atoms with van der Waals surface area (Å²) in [7, 11) is 3.76. The molecule has 0 aromatic carbocycles. The Morgan fingerprint density at radius 2 is 2.41 bits per heavy atom. The van der Waals surface area contributed by atoms with Crippen LogP contribution in [0.5, 0.6) is 0 Å². The lowest BCUT2D eigenvalue weighted by atomic mass is 10.3. The zero-order valence-electron chi connectivity index (χ0n) is 10.6. The Balaban J connectivity index is 1.72. The number of rotatable bonds is 8. The molecular formula is C12H21N3O2. The van der Waals surface area contributed by atoms with Crippen LogP contribution in [0.2, 0.25) is 0 Å². The van der Waals surface area contributed by atoms with Gasteiger partial charge in [-0.05, 0) is 19.9 Å². The van der Waals surface area contributed by atoms with E-state index in [1.165, 1.54) is 12.8 Å². The van der Waals surface area contributed by atoms with E-state index in [0.29, 0.717) is 6.04 Å². The molecule has 1 saturated carbocycles. The largest absolute Gasteiger partial charge is 0.383 e. The summed E-state index contributed by atoms with van der Waals surface area (Å²) in [5.74, 6) is 0.913. The van der Waals surface area contributed by atoms with Gasteiger partial charge >= 0.3 is 0 Å². The summed E-state index contributed by atoms with van der Waals surface area (Å²) in [6, 6.07) is 2.73. The molecule has 2 rings (SSSR count). The molecule has 1 fully saturated rings. The number of ether oxygens (including phenoxy) is 1. The number of likely N-dealkylation sites (N-methyl/N-ethyl adjacent to an activating group) is 1. The maximum atomic E-state index is 5.30. The summed E-state index contributed by atoms with van der Waals surface area (Å²) in [6.45, 7) is 3.23. The minimum absolute atomic E-state index is 0.708. The van der Waals surface area contributed by atoms with Crippen LogP contribution in [0, 0.1) is 0 Å². The fourth-order valence-corrected chi connectivity index (χ4v) is 1.64. The molecular weight excluding hydrogens is 218 g/mol. The first kappa shape index (κ1) is 12.5. The lowest BCUT2D eigenvalue weighted by molar-refractivity contribution is 0.153. The molecule has 0 amide bonds. The molecule has 1 aliphatic rings. The van der Waals surface area contributed by atoms with E-state index >= 15 is 0 Å². The van der Waals surface area contributed by atoms with E-state index in [9.17, 15) is 0 Å². The molecule has 0 bridgehead atoms. The van der Waals surface area contributed by atoms with Crippen LogP contribution in [0.25, 0.3) is 0 Å². The highest BCUT2D eigenvalue weighted by molar-refractivity contribution is 5.05. The van der Waals surface area contributed by atoms with Gasteiger partial charge in [-0.15, -0.1) is 0 Å². The van der Waals surface area contributed by atoms with E-state index in [0.717, 1.165) is 37.7 Å². The van der Waals surface area contributed by atoms with Crippen molar-refractivity contribution >= 4 is 0 Å². The Hall–Kier alpha value is -0.910. The Kier molecular flexibility index (Phi) is 4.53. The van der Waals surface area contributed by atoms with E-state index < -0.39 is 0 Å². The molecule has 0 saturated heterocycles. The monoisotopic (exact) mass is 239 g/mol. The molecule has 1 aromatic rings. The number of aromatic nitrogens is 1. The van der Waals surface area contributed by atoms with Crippen molar-refractivity contribution in [2.75, 3.05) is 27.3 Å². The summed E-state index contributed by atoms with van der Waals surface area (Å²) in [4.78, 5) is 2.15. The summed E-state index contributed by atoms with van der Waals surface area (Å²) in [5.41, 5.74) is 0.993. The fraction of sp³-hybridized carbons (Fsp3) is 0.750. The van der Waals surface area contributed by atoms with Crippen molar-refractivity contribution in [1.29, 1.82) is 0 Å². The SMILES string of the molecule is COCCN(C)Cc1cc(CNC2CC2)no1. The van der Waals surface area contributed by atoms with Crippen molar-refractivity contribution in [3.05, 3.63) is 17.5 Å². The summed E-state index contributed by atoms with van der Waals surface area (Å²) >= 11 is 0. The zero-order valence-corrected chi connectivity index (χ0v) is 10.6. The Labute approximate surface area is 102 Å². The second kappa shape index (κ2) is 6.14. The lowest BCUT2D eigenvalue weighted by Crippen LogP contribution is -2.22. The van der Waals surface area contributed by atoms with Crippen molar-refractivity contribution < 1.29 is 9.26 Å². The molecule has 0 aliphatic heterocycles. The molecule has 1 N–H and O–H groups in total. The van der Waals surface area contributed by atoms with Gasteiger partial charge in [0, 0.05) is 32.3 Å². The summed E-state index contributed by atoms with van der Waals surface area (Å²) in [6.07, 6.45) is 2.59. The number of nitrogens with one attached hydrogen (secondary N) is 1. The van der Waals surface area contributed by atoms with Gasteiger partial charge in [-0.2, -0.15) is 0 Å². The van der Waals surface area contributed by atoms with Crippen LogP contribution in [0.3, 0.4) is 0 Å². The predicted molar refractivity (Wildman–Crippen MR) is 64.6 cm³/mol. The number of methoxy groups -OCH3 is 1. The number of nitrogens with zero attached hydrogens (tertiary/aromatic N) is 2.